The first kappa shape index (κ1) is 12.8. The lowest BCUT2D eigenvalue weighted by molar-refractivity contribution is -0.0640. The second kappa shape index (κ2) is 5.04. The molecule has 1 aromatic carbocycles. The average Bonchev–Trinajstić information content (AvgIpc) is 2.82. The van der Waals surface area contributed by atoms with Crippen molar-refractivity contribution in [2.24, 2.45) is 0 Å². The molecule has 0 saturated heterocycles. The third-order valence-electron chi connectivity index (χ3n) is 3.46. The molecule has 4 nitrogen and oxygen atoms in total. The highest BCUT2D eigenvalue weighted by atomic mass is 16.7. The predicted molar refractivity (Wildman–Crippen MR) is 78.0 cm³/mol. The van der Waals surface area contributed by atoms with E-state index >= 15 is 0 Å². The van der Waals surface area contributed by atoms with E-state index < -0.39 is 5.79 Å². The van der Waals surface area contributed by atoms with E-state index in [2.05, 4.69) is 10.3 Å². The summed E-state index contributed by atoms with van der Waals surface area (Å²) in [4.78, 5) is 4.10. The van der Waals surface area contributed by atoms with Gasteiger partial charge in [-0.1, -0.05) is 13.0 Å². The minimum atomic E-state index is -0.537. The number of pyridine rings is 1. The number of anilines is 1. The third-order valence-corrected chi connectivity index (χ3v) is 3.46. The van der Waals surface area contributed by atoms with Crippen LogP contribution in [0.25, 0.3) is 0 Å². The molecule has 0 saturated carbocycles. The molecule has 1 aliphatic heterocycles. The van der Waals surface area contributed by atoms with Gasteiger partial charge in [-0.3, -0.25) is 4.98 Å². The molecule has 0 fully saturated rings. The van der Waals surface area contributed by atoms with Crippen molar-refractivity contribution in [2.75, 3.05) is 5.32 Å². The van der Waals surface area contributed by atoms with Crippen LogP contribution < -0.4 is 14.8 Å². The van der Waals surface area contributed by atoms with Crippen molar-refractivity contribution in [1.82, 2.24) is 4.98 Å². The molecular formula is C16H18N2O2. The number of aromatic nitrogens is 1. The van der Waals surface area contributed by atoms with Crippen molar-refractivity contribution < 1.29 is 9.47 Å². The van der Waals surface area contributed by atoms with Gasteiger partial charge in [0.2, 0.25) is 5.79 Å². The first-order chi connectivity index (χ1) is 9.68. The smallest absolute Gasteiger partial charge is 0.248 e. The van der Waals surface area contributed by atoms with Gasteiger partial charge >= 0.3 is 0 Å². The van der Waals surface area contributed by atoms with Gasteiger partial charge in [0, 0.05) is 44.0 Å². The zero-order valence-corrected chi connectivity index (χ0v) is 11.7. The number of hydrogen-bond donors (Lipinski definition) is 1. The van der Waals surface area contributed by atoms with Crippen LogP contribution in [0.3, 0.4) is 0 Å². The van der Waals surface area contributed by atoms with E-state index in [1.807, 2.05) is 50.4 Å². The van der Waals surface area contributed by atoms with E-state index in [0.29, 0.717) is 0 Å². The molecule has 0 spiro atoms. The molecule has 1 aromatic heterocycles. The molecular weight excluding hydrogens is 252 g/mol. The summed E-state index contributed by atoms with van der Waals surface area (Å²) < 4.78 is 11.7. The van der Waals surface area contributed by atoms with Crippen LogP contribution >= 0.6 is 0 Å². The highest BCUT2D eigenvalue weighted by Gasteiger charge is 2.34. The molecule has 4 heteroatoms. The fourth-order valence-corrected chi connectivity index (χ4v) is 2.12. The van der Waals surface area contributed by atoms with Gasteiger partial charge in [0.1, 0.15) is 0 Å². The normalized spacial score (nSPS) is 19.9. The van der Waals surface area contributed by atoms with Gasteiger partial charge in [-0.2, -0.15) is 0 Å². The quantitative estimate of drug-likeness (QED) is 0.922. The molecule has 0 aliphatic carbocycles. The monoisotopic (exact) mass is 270 g/mol. The molecule has 1 unspecified atom stereocenters. The zero-order valence-electron chi connectivity index (χ0n) is 11.7. The van der Waals surface area contributed by atoms with E-state index in [0.717, 1.165) is 35.7 Å². The lowest BCUT2D eigenvalue weighted by Gasteiger charge is -2.20. The maximum Gasteiger partial charge on any atom is 0.248 e. The summed E-state index contributed by atoms with van der Waals surface area (Å²) in [6.07, 6.45) is 4.43. The molecule has 0 amide bonds. The van der Waals surface area contributed by atoms with Crippen molar-refractivity contribution >= 4 is 5.69 Å². The average molecular weight is 270 g/mol. The Bertz CT molecular complexity index is 601. The fourth-order valence-electron chi connectivity index (χ4n) is 2.12. The summed E-state index contributed by atoms with van der Waals surface area (Å²) in [5.41, 5.74) is 2.15. The van der Waals surface area contributed by atoms with Crippen molar-refractivity contribution in [1.29, 1.82) is 0 Å². The topological polar surface area (TPSA) is 43.4 Å². The summed E-state index contributed by atoms with van der Waals surface area (Å²) in [7, 11) is 0. The molecule has 20 heavy (non-hydrogen) atoms. The second-order valence-electron chi connectivity index (χ2n) is 5.07. The van der Waals surface area contributed by atoms with Crippen LogP contribution in [0.5, 0.6) is 11.5 Å². The SMILES string of the molecule is CCC1(C)Oc2ccc(NCc3cccnc3)cc2O1. The molecule has 0 radical (unpaired) electrons. The van der Waals surface area contributed by atoms with E-state index in [1.54, 1.807) is 6.20 Å². The zero-order chi connectivity index (χ0) is 14.0. The van der Waals surface area contributed by atoms with Crippen molar-refractivity contribution in [3.8, 4) is 11.5 Å². The lowest BCUT2D eigenvalue weighted by Crippen LogP contribution is -2.33. The molecule has 2 heterocycles. The Kier molecular flexibility index (Phi) is 3.22. The van der Waals surface area contributed by atoms with Gasteiger partial charge in [0.15, 0.2) is 11.5 Å². The number of rotatable bonds is 4. The maximum atomic E-state index is 5.86. The Morgan fingerprint density at radius 3 is 2.80 bits per heavy atom. The van der Waals surface area contributed by atoms with E-state index in [-0.39, 0.29) is 0 Å². The van der Waals surface area contributed by atoms with Crippen LogP contribution in [0, 0.1) is 0 Å². The number of benzene rings is 1. The van der Waals surface area contributed by atoms with Crippen molar-refractivity contribution in [3.05, 3.63) is 48.3 Å². The summed E-state index contributed by atoms with van der Waals surface area (Å²) in [6, 6.07) is 9.90. The maximum absolute atomic E-state index is 5.86. The summed E-state index contributed by atoms with van der Waals surface area (Å²) >= 11 is 0. The molecule has 2 aromatic rings. The van der Waals surface area contributed by atoms with E-state index in [9.17, 15) is 0 Å². The molecule has 3 rings (SSSR count). The highest BCUT2D eigenvalue weighted by Crippen LogP contribution is 2.42. The van der Waals surface area contributed by atoms with Crippen molar-refractivity contribution in [2.45, 2.75) is 32.6 Å². The Labute approximate surface area is 118 Å². The van der Waals surface area contributed by atoms with Gasteiger partial charge in [0.05, 0.1) is 0 Å². The van der Waals surface area contributed by atoms with E-state index in [4.69, 9.17) is 9.47 Å². The first-order valence-electron chi connectivity index (χ1n) is 6.83. The predicted octanol–water partition coefficient (Wildman–Crippen LogP) is 3.59. The second-order valence-corrected chi connectivity index (χ2v) is 5.07. The Morgan fingerprint density at radius 1 is 1.20 bits per heavy atom. The largest absolute Gasteiger partial charge is 0.449 e. The van der Waals surface area contributed by atoms with Crippen LogP contribution in [0.4, 0.5) is 5.69 Å². The third kappa shape index (κ3) is 2.54. The standard InChI is InChI=1S/C16H18N2O2/c1-3-16(2)19-14-7-6-13(9-15(14)20-16)18-11-12-5-4-8-17-10-12/h4-10,18H,3,11H2,1-2H3. The Hall–Kier alpha value is -2.23. The molecule has 1 N–H and O–H groups in total. The van der Waals surface area contributed by atoms with Crippen LogP contribution in [0.2, 0.25) is 0 Å². The van der Waals surface area contributed by atoms with Gasteiger partial charge in [-0.15, -0.1) is 0 Å². The molecule has 0 bridgehead atoms. The fraction of sp³-hybridized carbons (Fsp3) is 0.312. The minimum absolute atomic E-state index is 0.537. The van der Waals surface area contributed by atoms with Crippen molar-refractivity contribution in [3.63, 3.8) is 0 Å². The summed E-state index contributed by atoms with van der Waals surface area (Å²) in [5.74, 6) is 1.07. The van der Waals surface area contributed by atoms with Gasteiger partial charge < -0.3 is 14.8 Å². The highest BCUT2D eigenvalue weighted by molar-refractivity contribution is 5.56. The Balaban J connectivity index is 1.70. The first-order valence-corrected chi connectivity index (χ1v) is 6.83. The summed E-state index contributed by atoms with van der Waals surface area (Å²) in [5, 5.41) is 3.36. The molecule has 1 atom stereocenters. The number of nitrogens with one attached hydrogen (secondary N) is 1. The van der Waals surface area contributed by atoms with Crippen LogP contribution in [0.1, 0.15) is 25.8 Å². The van der Waals surface area contributed by atoms with Crippen LogP contribution in [-0.4, -0.2) is 10.8 Å². The number of nitrogens with zero attached hydrogens (tertiary/aromatic N) is 1. The van der Waals surface area contributed by atoms with E-state index in [1.165, 1.54) is 0 Å². The number of ether oxygens (including phenoxy) is 2. The number of fused-ring (bicyclic) bond motifs is 1. The summed E-state index contributed by atoms with van der Waals surface area (Å²) in [6.45, 7) is 4.74. The van der Waals surface area contributed by atoms with Gasteiger partial charge in [-0.25, -0.2) is 0 Å². The van der Waals surface area contributed by atoms with Crippen LogP contribution in [-0.2, 0) is 6.54 Å². The van der Waals surface area contributed by atoms with Gasteiger partial charge in [-0.05, 0) is 23.8 Å². The molecule has 1 aliphatic rings. The molecule has 104 valence electrons. The Morgan fingerprint density at radius 2 is 2.05 bits per heavy atom. The number of hydrogen-bond acceptors (Lipinski definition) is 4. The minimum Gasteiger partial charge on any atom is -0.449 e. The lowest BCUT2D eigenvalue weighted by atomic mass is 10.2. The van der Waals surface area contributed by atoms with Crippen LogP contribution in [0.15, 0.2) is 42.7 Å². The van der Waals surface area contributed by atoms with Gasteiger partial charge in [0.25, 0.3) is 0 Å².